The third-order valence-corrected chi connectivity index (χ3v) is 3.45. The summed E-state index contributed by atoms with van der Waals surface area (Å²) in [7, 11) is 0. The molecule has 1 N–H and O–H groups in total. The largest absolute Gasteiger partial charge is 0.481 e. The summed E-state index contributed by atoms with van der Waals surface area (Å²) >= 11 is 0. The van der Waals surface area contributed by atoms with Gasteiger partial charge in [0.15, 0.2) is 0 Å². The average molecular weight is 242 g/mol. The number of hydrogen-bond donors (Lipinski definition) is 1. The molecule has 1 aromatic heterocycles. The van der Waals surface area contributed by atoms with Gasteiger partial charge in [0.05, 0.1) is 11.6 Å². The lowest BCUT2D eigenvalue weighted by Gasteiger charge is -2.22. The Labute approximate surface area is 105 Å². The molecule has 0 spiro atoms. The van der Waals surface area contributed by atoms with Crippen LogP contribution in [0.5, 0.6) is 0 Å². The van der Waals surface area contributed by atoms with Crippen LogP contribution in [0.2, 0.25) is 0 Å². The minimum Gasteiger partial charge on any atom is -0.481 e. The zero-order valence-corrected chi connectivity index (χ0v) is 9.91. The fourth-order valence-corrected chi connectivity index (χ4v) is 2.57. The quantitative estimate of drug-likeness (QED) is 0.880. The summed E-state index contributed by atoms with van der Waals surface area (Å²) in [4.78, 5) is 15.6. The van der Waals surface area contributed by atoms with E-state index >= 15 is 0 Å². The van der Waals surface area contributed by atoms with Crippen molar-refractivity contribution in [1.82, 2.24) is 9.55 Å². The van der Waals surface area contributed by atoms with Gasteiger partial charge in [0, 0.05) is 18.3 Å². The molecule has 1 aliphatic heterocycles. The molecule has 2 aromatic rings. The van der Waals surface area contributed by atoms with Gasteiger partial charge in [-0.1, -0.05) is 30.3 Å². The van der Waals surface area contributed by atoms with E-state index in [1.54, 1.807) is 6.20 Å². The fraction of sp³-hybridized carbons (Fsp3) is 0.286. The minimum absolute atomic E-state index is 0.413. The van der Waals surface area contributed by atoms with Gasteiger partial charge in [0.1, 0.15) is 5.82 Å². The van der Waals surface area contributed by atoms with Crippen LogP contribution < -0.4 is 0 Å². The maximum atomic E-state index is 11.2. The molecule has 0 saturated carbocycles. The van der Waals surface area contributed by atoms with E-state index in [0.29, 0.717) is 6.42 Å². The van der Waals surface area contributed by atoms with Crippen LogP contribution in [0.15, 0.2) is 36.5 Å². The van der Waals surface area contributed by atoms with E-state index in [1.807, 2.05) is 34.9 Å². The van der Waals surface area contributed by atoms with E-state index in [2.05, 4.69) is 4.98 Å². The number of carbonyl (C=O) groups is 1. The van der Waals surface area contributed by atoms with Gasteiger partial charge < -0.3 is 9.67 Å². The van der Waals surface area contributed by atoms with Crippen molar-refractivity contribution in [2.75, 3.05) is 0 Å². The van der Waals surface area contributed by atoms with Crippen molar-refractivity contribution < 1.29 is 9.90 Å². The standard InChI is InChI=1S/C14H14N2O2/c17-14(18)11-7-4-8-16-12(11)9-15-13(16)10-5-2-1-3-6-10/h1-3,5-6,9,11H,4,7-8H2,(H,17,18). The van der Waals surface area contributed by atoms with Crippen molar-refractivity contribution in [2.24, 2.45) is 0 Å². The van der Waals surface area contributed by atoms with E-state index in [1.165, 1.54) is 0 Å². The van der Waals surface area contributed by atoms with E-state index in [0.717, 1.165) is 30.0 Å². The lowest BCUT2D eigenvalue weighted by Crippen LogP contribution is -2.21. The molecule has 3 rings (SSSR count). The van der Waals surface area contributed by atoms with E-state index in [4.69, 9.17) is 0 Å². The summed E-state index contributed by atoms with van der Waals surface area (Å²) in [6.07, 6.45) is 3.30. The first kappa shape index (κ1) is 11.0. The van der Waals surface area contributed by atoms with Crippen LogP contribution in [0.25, 0.3) is 11.4 Å². The molecule has 0 aliphatic carbocycles. The Morgan fingerprint density at radius 1 is 1.33 bits per heavy atom. The van der Waals surface area contributed by atoms with Crippen LogP contribution in [0.4, 0.5) is 0 Å². The highest BCUT2D eigenvalue weighted by molar-refractivity contribution is 5.76. The summed E-state index contributed by atoms with van der Waals surface area (Å²) in [5.74, 6) is -0.296. The molecular formula is C14H14N2O2. The third-order valence-electron chi connectivity index (χ3n) is 3.45. The molecular weight excluding hydrogens is 228 g/mol. The molecule has 0 amide bonds. The summed E-state index contributed by atoms with van der Waals surface area (Å²) in [5, 5.41) is 9.22. The van der Waals surface area contributed by atoms with Crippen molar-refractivity contribution >= 4 is 5.97 Å². The molecule has 1 aromatic carbocycles. The molecule has 92 valence electrons. The zero-order valence-electron chi connectivity index (χ0n) is 9.91. The Balaban J connectivity index is 2.08. The molecule has 0 fully saturated rings. The normalized spacial score (nSPS) is 18.3. The second-order valence-corrected chi connectivity index (χ2v) is 4.56. The van der Waals surface area contributed by atoms with Gasteiger partial charge in [0.25, 0.3) is 0 Å². The van der Waals surface area contributed by atoms with Gasteiger partial charge >= 0.3 is 5.97 Å². The fourth-order valence-electron chi connectivity index (χ4n) is 2.57. The number of fused-ring (bicyclic) bond motifs is 1. The van der Waals surface area contributed by atoms with Crippen molar-refractivity contribution in [3.8, 4) is 11.4 Å². The number of imidazole rings is 1. The number of carboxylic acid groups (broad SMARTS) is 1. The van der Waals surface area contributed by atoms with E-state index < -0.39 is 11.9 Å². The average Bonchev–Trinajstić information content (AvgIpc) is 2.83. The smallest absolute Gasteiger partial charge is 0.312 e. The molecule has 1 atom stereocenters. The second-order valence-electron chi connectivity index (χ2n) is 4.56. The minimum atomic E-state index is -0.754. The van der Waals surface area contributed by atoms with Crippen molar-refractivity contribution in [2.45, 2.75) is 25.3 Å². The first-order chi connectivity index (χ1) is 8.77. The molecule has 0 saturated heterocycles. The molecule has 1 aliphatic rings. The molecule has 1 unspecified atom stereocenters. The number of nitrogens with zero attached hydrogens (tertiary/aromatic N) is 2. The highest BCUT2D eigenvalue weighted by Gasteiger charge is 2.28. The number of aromatic nitrogens is 2. The van der Waals surface area contributed by atoms with E-state index in [9.17, 15) is 9.90 Å². The zero-order chi connectivity index (χ0) is 12.5. The Kier molecular flexibility index (Phi) is 2.63. The van der Waals surface area contributed by atoms with Crippen LogP contribution in [0.1, 0.15) is 24.5 Å². The molecule has 0 bridgehead atoms. The number of aliphatic carboxylic acids is 1. The summed E-state index contributed by atoms with van der Waals surface area (Å²) < 4.78 is 2.04. The first-order valence-corrected chi connectivity index (χ1v) is 6.11. The maximum Gasteiger partial charge on any atom is 0.312 e. The summed E-state index contributed by atoms with van der Waals surface area (Å²) in [6.45, 7) is 0.851. The first-order valence-electron chi connectivity index (χ1n) is 6.11. The van der Waals surface area contributed by atoms with E-state index in [-0.39, 0.29) is 0 Å². The lowest BCUT2D eigenvalue weighted by molar-refractivity contribution is -0.139. The van der Waals surface area contributed by atoms with Crippen LogP contribution in [-0.4, -0.2) is 20.6 Å². The van der Waals surface area contributed by atoms with Gasteiger partial charge in [-0.15, -0.1) is 0 Å². The highest BCUT2D eigenvalue weighted by Crippen LogP contribution is 2.31. The Morgan fingerprint density at radius 3 is 2.83 bits per heavy atom. The molecule has 0 radical (unpaired) electrons. The SMILES string of the molecule is O=C(O)C1CCCn2c1cnc2-c1ccccc1. The van der Waals surface area contributed by atoms with Crippen LogP contribution >= 0.6 is 0 Å². The van der Waals surface area contributed by atoms with Crippen molar-refractivity contribution in [3.63, 3.8) is 0 Å². The second kappa shape index (κ2) is 4.29. The van der Waals surface area contributed by atoms with Gasteiger partial charge in [-0.3, -0.25) is 4.79 Å². The Hall–Kier alpha value is -2.10. The van der Waals surface area contributed by atoms with Crippen molar-refractivity contribution in [3.05, 3.63) is 42.2 Å². The van der Waals surface area contributed by atoms with Crippen molar-refractivity contribution in [1.29, 1.82) is 0 Å². The maximum absolute atomic E-state index is 11.2. The predicted octanol–water partition coefficient (Wildman–Crippen LogP) is 2.51. The summed E-state index contributed by atoms with van der Waals surface area (Å²) in [5.41, 5.74) is 1.86. The lowest BCUT2D eigenvalue weighted by atomic mass is 9.96. The van der Waals surface area contributed by atoms with Gasteiger partial charge in [-0.25, -0.2) is 4.98 Å². The number of rotatable bonds is 2. The van der Waals surface area contributed by atoms with Crippen LogP contribution in [0, 0.1) is 0 Å². The predicted molar refractivity (Wildman–Crippen MR) is 67.3 cm³/mol. The van der Waals surface area contributed by atoms with Crippen LogP contribution in [0.3, 0.4) is 0 Å². The van der Waals surface area contributed by atoms with Gasteiger partial charge in [-0.2, -0.15) is 0 Å². The molecule has 4 nitrogen and oxygen atoms in total. The molecule has 18 heavy (non-hydrogen) atoms. The number of hydrogen-bond acceptors (Lipinski definition) is 2. The number of benzene rings is 1. The number of carboxylic acids is 1. The van der Waals surface area contributed by atoms with Gasteiger partial charge in [-0.05, 0) is 12.8 Å². The molecule has 2 heterocycles. The van der Waals surface area contributed by atoms with Crippen LogP contribution in [-0.2, 0) is 11.3 Å². The Morgan fingerprint density at radius 2 is 2.11 bits per heavy atom. The highest BCUT2D eigenvalue weighted by atomic mass is 16.4. The Bertz CT molecular complexity index is 575. The van der Waals surface area contributed by atoms with Gasteiger partial charge in [0.2, 0.25) is 0 Å². The monoisotopic (exact) mass is 242 g/mol. The molecule has 4 heteroatoms. The summed E-state index contributed by atoms with van der Waals surface area (Å²) in [6, 6.07) is 9.90. The topological polar surface area (TPSA) is 55.1 Å². The third kappa shape index (κ3) is 1.70.